The van der Waals surface area contributed by atoms with Crippen LogP contribution in [0.15, 0.2) is 42.1 Å². The quantitative estimate of drug-likeness (QED) is 0.330. The molecule has 0 spiro atoms. The summed E-state index contributed by atoms with van der Waals surface area (Å²) in [6.45, 7) is 4.93. The van der Waals surface area contributed by atoms with Gasteiger partial charge in [-0.15, -0.1) is 0 Å². The molecule has 1 saturated heterocycles. The third kappa shape index (κ3) is 4.27. The van der Waals surface area contributed by atoms with Crippen molar-refractivity contribution in [3.63, 3.8) is 0 Å². The van der Waals surface area contributed by atoms with Gasteiger partial charge in [0.25, 0.3) is 5.91 Å². The molecule has 3 aliphatic rings. The lowest BCUT2D eigenvalue weighted by molar-refractivity contribution is -0.120. The van der Waals surface area contributed by atoms with E-state index >= 15 is 0 Å². The molecule has 1 aliphatic carbocycles. The minimum absolute atomic E-state index is 0.00234. The van der Waals surface area contributed by atoms with Gasteiger partial charge in [-0.1, -0.05) is 13.0 Å². The highest BCUT2D eigenvalue weighted by atomic mass is 16.5. The first-order chi connectivity index (χ1) is 20.3. The lowest BCUT2D eigenvalue weighted by Crippen LogP contribution is -2.31. The zero-order chi connectivity index (χ0) is 29.3. The van der Waals surface area contributed by atoms with Crippen LogP contribution in [0.4, 0.5) is 0 Å². The molecule has 0 radical (unpaired) electrons. The number of carbonyl (C=O) groups is 2. The van der Waals surface area contributed by atoms with Gasteiger partial charge in [0.05, 0.1) is 18.5 Å². The van der Waals surface area contributed by atoms with E-state index in [0.29, 0.717) is 29.4 Å². The molecule has 2 amide bonds. The molecule has 2 aliphatic heterocycles. The second-order valence-electron chi connectivity index (χ2n) is 12.1. The Balaban J connectivity index is 1.32. The van der Waals surface area contributed by atoms with Crippen LogP contribution in [0.25, 0.3) is 28.1 Å². The molecule has 42 heavy (non-hydrogen) atoms. The van der Waals surface area contributed by atoms with Crippen LogP contribution in [0, 0.1) is 12.8 Å². The lowest BCUT2D eigenvalue weighted by atomic mass is 10.0. The van der Waals surface area contributed by atoms with Gasteiger partial charge in [-0.2, -0.15) is 0 Å². The summed E-state index contributed by atoms with van der Waals surface area (Å²) in [4.78, 5) is 37.8. The summed E-state index contributed by atoms with van der Waals surface area (Å²) in [6.07, 6.45) is 6.53. The normalized spacial score (nSPS) is 20.4. The number of ether oxygens (including phenoxy) is 1. The molecular formula is C32H37N7O3. The van der Waals surface area contributed by atoms with Gasteiger partial charge in [-0.25, -0.2) is 9.97 Å². The SMILES string of the molecule is CNC(=O)CC(C)c1ccc2cc(-c3nc4cc(C(=O)N5C6=CC[C@H]5C[C@H]6N)cc(OC)n4c3C)n(CC3CC3)c2n1. The first kappa shape index (κ1) is 26.7. The van der Waals surface area contributed by atoms with E-state index in [0.717, 1.165) is 58.9 Å². The van der Waals surface area contributed by atoms with E-state index in [1.807, 2.05) is 35.3 Å². The van der Waals surface area contributed by atoms with E-state index < -0.39 is 0 Å². The van der Waals surface area contributed by atoms with Gasteiger partial charge in [0.2, 0.25) is 5.91 Å². The Labute approximate surface area is 244 Å². The molecule has 2 bridgehead atoms. The molecule has 4 aromatic rings. The number of nitrogens with one attached hydrogen (secondary N) is 1. The fraction of sp³-hybridized carbons (Fsp3) is 0.438. The number of aryl methyl sites for hydroxylation is 1. The van der Waals surface area contributed by atoms with Crippen LogP contribution in [0.1, 0.15) is 66.7 Å². The fourth-order valence-corrected chi connectivity index (χ4v) is 6.67. The van der Waals surface area contributed by atoms with E-state index in [2.05, 4.69) is 28.1 Å². The van der Waals surface area contributed by atoms with Gasteiger partial charge in [0.15, 0.2) is 5.88 Å². The predicted molar refractivity (Wildman–Crippen MR) is 160 cm³/mol. The Kier molecular flexibility index (Phi) is 6.34. The number of rotatable bonds is 8. The monoisotopic (exact) mass is 567 g/mol. The molecule has 10 nitrogen and oxygen atoms in total. The van der Waals surface area contributed by atoms with Crippen LogP contribution in [0.5, 0.6) is 5.88 Å². The van der Waals surface area contributed by atoms with E-state index in [1.54, 1.807) is 20.2 Å². The van der Waals surface area contributed by atoms with Gasteiger partial charge in [-0.05, 0) is 62.8 Å². The summed E-state index contributed by atoms with van der Waals surface area (Å²) in [5.74, 6) is 1.11. The molecule has 7 rings (SSSR count). The Morgan fingerprint density at radius 2 is 2.00 bits per heavy atom. The Morgan fingerprint density at radius 1 is 1.19 bits per heavy atom. The molecule has 3 N–H and O–H groups in total. The summed E-state index contributed by atoms with van der Waals surface area (Å²) in [7, 11) is 3.28. The molecule has 6 heterocycles. The smallest absolute Gasteiger partial charge is 0.258 e. The van der Waals surface area contributed by atoms with Gasteiger partial charge in [0.1, 0.15) is 17.0 Å². The highest BCUT2D eigenvalue weighted by Crippen LogP contribution is 2.39. The maximum absolute atomic E-state index is 13.7. The van der Waals surface area contributed by atoms with Crippen LogP contribution in [-0.4, -0.2) is 61.9 Å². The Bertz CT molecular complexity index is 1780. The summed E-state index contributed by atoms with van der Waals surface area (Å²) in [5, 5.41) is 3.75. The van der Waals surface area contributed by atoms with Gasteiger partial charge >= 0.3 is 0 Å². The molecule has 10 heteroatoms. The number of imidazole rings is 1. The summed E-state index contributed by atoms with van der Waals surface area (Å²) < 4.78 is 10.1. The van der Waals surface area contributed by atoms with Crippen molar-refractivity contribution in [3.8, 4) is 17.3 Å². The Morgan fingerprint density at radius 3 is 2.67 bits per heavy atom. The second-order valence-corrected chi connectivity index (χ2v) is 12.1. The number of hydrogen-bond acceptors (Lipinski definition) is 6. The van der Waals surface area contributed by atoms with Gasteiger partial charge in [0, 0.05) is 66.4 Å². The number of methoxy groups -OCH3 is 1. The van der Waals surface area contributed by atoms with Crippen molar-refractivity contribution in [1.82, 2.24) is 29.2 Å². The van der Waals surface area contributed by atoms with Crippen LogP contribution < -0.4 is 15.8 Å². The van der Waals surface area contributed by atoms with E-state index in [1.165, 1.54) is 12.8 Å². The number of amides is 2. The molecule has 3 atom stereocenters. The largest absolute Gasteiger partial charge is 0.482 e. The number of carbonyl (C=O) groups excluding carboxylic acids is 2. The molecule has 1 saturated carbocycles. The first-order valence-corrected chi connectivity index (χ1v) is 14.8. The molecule has 218 valence electrons. The summed E-state index contributed by atoms with van der Waals surface area (Å²) in [6, 6.07) is 9.96. The maximum atomic E-state index is 13.7. The first-order valence-electron chi connectivity index (χ1n) is 14.8. The van der Waals surface area contributed by atoms with Gasteiger partial charge in [-0.3, -0.25) is 14.0 Å². The predicted octanol–water partition coefficient (Wildman–Crippen LogP) is 4.15. The zero-order valence-electron chi connectivity index (χ0n) is 24.6. The average molecular weight is 568 g/mol. The minimum Gasteiger partial charge on any atom is -0.482 e. The number of hydrogen-bond donors (Lipinski definition) is 2. The number of aromatic nitrogens is 4. The number of fused-ring (bicyclic) bond motifs is 4. The topological polar surface area (TPSA) is 120 Å². The molecular weight excluding hydrogens is 530 g/mol. The standard InChI is InChI=1S/C32H37N7O3/c1-17(11-28(40)34-3)24-9-7-20-12-26(37(31(20)35-24)16-19-5-6-19)30-18(2)38-27(36-30)13-21(14-29(38)42-4)32(41)39-22-8-10-25(39)23(33)15-22/h7,9-10,12-14,17,19,22-23H,5-6,8,11,15-16,33H2,1-4H3,(H,34,40)/t17?,22-,23+/m0/s1. The van der Waals surface area contributed by atoms with E-state index in [-0.39, 0.29) is 29.8 Å². The third-order valence-electron chi connectivity index (χ3n) is 9.16. The van der Waals surface area contributed by atoms with Crippen molar-refractivity contribution in [1.29, 1.82) is 0 Å². The van der Waals surface area contributed by atoms with Crippen molar-refractivity contribution >= 4 is 28.5 Å². The van der Waals surface area contributed by atoms with Crippen molar-refractivity contribution in [2.45, 2.75) is 70.5 Å². The van der Waals surface area contributed by atoms with Crippen molar-refractivity contribution < 1.29 is 14.3 Å². The number of nitrogens with two attached hydrogens (primary N) is 1. The van der Waals surface area contributed by atoms with Crippen LogP contribution in [0.3, 0.4) is 0 Å². The van der Waals surface area contributed by atoms with Crippen molar-refractivity contribution in [3.05, 3.63) is 59.1 Å². The summed E-state index contributed by atoms with van der Waals surface area (Å²) >= 11 is 0. The fourth-order valence-electron chi connectivity index (χ4n) is 6.67. The van der Waals surface area contributed by atoms with E-state index in [9.17, 15) is 9.59 Å². The zero-order valence-corrected chi connectivity index (χ0v) is 24.6. The maximum Gasteiger partial charge on any atom is 0.258 e. The number of pyridine rings is 2. The lowest BCUT2D eigenvalue weighted by Gasteiger charge is -2.20. The van der Waals surface area contributed by atoms with Gasteiger partial charge < -0.3 is 25.3 Å². The minimum atomic E-state index is -0.0899. The summed E-state index contributed by atoms with van der Waals surface area (Å²) in [5.41, 5.74) is 13.0. The average Bonchev–Trinajstić information content (AvgIpc) is 3.31. The second kappa shape index (κ2) is 9.97. The number of nitrogens with zero attached hydrogens (tertiary/aromatic N) is 5. The molecule has 4 aromatic heterocycles. The molecule has 2 fully saturated rings. The molecule has 1 unspecified atom stereocenters. The highest BCUT2D eigenvalue weighted by molar-refractivity contribution is 5.98. The van der Waals surface area contributed by atoms with Crippen LogP contribution >= 0.6 is 0 Å². The third-order valence-corrected chi connectivity index (χ3v) is 9.16. The Hall–Kier alpha value is -4.18. The molecule has 0 aromatic carbocycles. The van der Waals surface area contributed by atoms with Crippen LogP contribution in [0.2, 0.25) is 0 Å². The van der Waals surface area contributed by atoms with Crippen LogP contribution in [-0.2, 0) is 11.3 Å². The highest BCUT2D eigenvalue weighted by Gasteiger charge is 2.42. The van der Waals surface area contributed by atoms with Crippen molar-refractivity contribution in [2.24, 2.45) is 11.7 Å². The van der Waals surface area contributed by atoms with E-state index in [4.69, 9.17) is 20.4 Å². The van der Waals surface area contributed by atoms with Crippen molar-refractivity contribution in [2.75, 3.05) is 14.2 Å².